The molecule has 0 aliphatic rings. The summed E-state index contributed by atoms with van der Waals surface area (Å²) in [5, 5.41) is 8.59. The average molecular weight is 315 g/mol. The number of ether oxygens (including phenoxy) is 1. The first kappa shape index (κ1) is 21.4. The van der Waals surface area contributed by atoms with Crippen LogP contribution >= 0.6 is 0 Å². The Morgan fingerprint density at radius 3 is 1.64 bits per heavy atom. The van der Waals surface area contributed by atoms with Crippen molar-refractivity contribution in [3.05, 3.63) is 0 Å². The van der Waals surface area contributed by atoms with E-state index in [1.807, 2.05) is 0 Å². The standard InChI is InChI=1S/C19H38O3/c1-2-3-4-5-6-7-8-9-10-11-12-13-14-16-19(21)22-18-15-17-20/h20H,2-18H2,1H3. The lowest BCUT2D eigenvalue weighted by Crippen LogP contribution is -2.06. The van der Waals surface area contributed by atoms with Gasteiger partial charge in [-0.2, -0.15) is 0 Å². The fourth-order valence-corrected chi connectivity index (χ4v) is 2.61. The number of carbonyl (C=O) groups is 1. The van der Waals surface area contributed by atoms with Crippen molar-refractivity contribution in [1.29, 1.82) is 0 Å². The highest BCUT2D eigenvalue weighted by Crippen LogP contribution is 2.13. The Hall–Kier alpha value is -0.570. The average Bonchev–Trinajstić information content (AvgIpc) is 2.52. The molecule has 132 valence electrons. The summed E-state index contributed by atoms with van der Waals surface area (Å²) in [7, 11) is 0. The van der Waals surface area contributed by atoms with Crippen LogP contribution < -0.4 is 0 Å². The van der Waals surface area contributed by atoms with Crippen LogP contribution in [-0.2, 0) is 9.53 Å². The van der Waals surface area contributed by atoms with Gasteiger partial charge in [0.2, 0.25) is 0 Å². The minimum Gasteiger partial charge on any atom is -0.466 e. The lowest BCUT2D eigenvalue weighted by molar-refractivity contribution is -0.144. The van der Waals surface area contributed by atoms with Gasteiger partial charge in [-0.25, -0.2) is 0 Å². The van der Waals surface area contributed by atoms with E-state index in [2.05, 4.69) is 6.92 Å². The van der Waals surface area contributed by atoms with Crippen LogP contribution in [0.4, 0.5) is 0 Å². The zero-order valence-corrected chi connectivity index (χ0v) is 14.8. The molecule has 0 fully saturated rings. The van der Waals surface area contributed by atoms with E-state index < -0.39 is 0 Å². The molecular formula is C19H38O3. The Labute approximate surface area is 137 Å². The van der Waals surface area contributed by atoms with Crippen molar-refractivity contribution in [3.63, 3.8) is 0 Å². The molecule has 0 aliphatic heterocycles. The molecule has 0 aliphatic carbocycles. The van der Waals surface area contributed by atoms with Crippen molar-refractivity contribution in [3.8, 4) is 0 Å². The van der Waals surface area contributed by atoms with Crippen LogP contribution in [0.2, 0.25) is 0 Å². The molecular weight excluding hydrogens is 276 g/mol. The summed E-state index contributed by atoms with van der Waals surface area (Å²) in [6, 6.07) is 0. The molecule has 3 heteroatoms. The van der Waals surface area contributed by atoms with Gasteiger partial charge in [0.15, 0.2) is 0 Å². The van der Waals surface area contributed by atoms with Crippen LogP contribution in [0.15, 0.2) is 0 Å². The molecule has 0 aromatic heterocycles. The highest BCUT2D eigenvalue weighted by molar-refractivity contribution is 5.69. The Balaban J connectivity index is 3.06. The predicted molar refractivity (Wildman–Crippen MR) is 93.0 cm³/mol. The van der Waals surface area contributed by atoms with Gasteiger partial charge in [0.25, 0.3) is 0 Å². The third kappa shape index (κ3) is 17.5. The van der Waals surface area contributed by atoms with Gasteiger partial charge in [-0.05, 0) is 6.42 Å². The monoisotopic (exact) mass is 314 g/mol. The fraction of sp³-hybridized carbons (Fsp3) is 0.947. The molecule has 0 unspecified atom stereocenters. The maximum absolute atomic E-state index is 11.3. The minimum absolute atomic E-state index is 0.0893. The minimum atomic E-state index is -0.114. The first-order valence-corrected chi connectivity index (χ1v) is 9.57. The van der Waals surface area contributed by atoms with Crippen molar-refractivity contribution < 1.29 is 14.6 Å². The predicted octanol–water partition coefficient (Wildman–Crippen LogP) is 5.39. The summed E-state index contributed by atoms with van der Waals surface area (Å²) < 4.78 is 4.99. The quantitative estimate of drug-likeness (QED) is 0.289. The Kier molecular flexibility index (Phi) is 18.0. The van der Waals surface area contributed by atoms with Gasteiger partial charge in [-0.15, -0.1) is 0 Å². The zero-order valence-electron chi connectivity index (χ0n) is 14.8. The Bertz CT molecular complexity index is 229. The van der Waals surface area contributed by atoms with Gasteiger partial charge in [0.05, 0.1) is 6.61 Å². The second-order valence-electron chi connectivity index (χ2n) is 6.29. The van der Waals surface area contributed by atoms with E-state index in [-0.39, 0.29) is 12.6 Å². The van der Waals surface area contributed by atoms with E-state index in [1.165, 1.54) is 70.6 Å². The number of aliphatic hydroxyl groups excluding tert-OH is 1. The topological polar surface area (TPSA) is 46.5 Å². The zero-order chi connectivity index (χ0) is 16.3. The largest absolute Gasteiger partial charge is 0.466 e. The summed E-state index contributed by atoms with van der Waals surface area (Å²) in [5.41, 5.74) is 0. The molecule has 0 spiro atoms. The maximum atomic E-state index is 11.3. The molecule has 22 heavy (non-hydrogen) atoms. The second-order valence-corrected chi connectivity index (χ2v) is 6.29. The second kappa shape index (κ2) is 18.5. The first-order chi connectivity index (χ1) is 10.8. The summed E-state index contributed by atoms with van der Waals surface area (Å²) >= 11 is 0. The molecule has 0 saturated heterocycles. The van der Waals surface area contributed by atoms with Crippen LogP contribution in [0.3, 0.4) is 0 Å². The third-order valence-electron chi connectivity index (χ3n) is 4.05. The molecule has 0 bridgehead atoms. The summed E-state index contributed by atoms with van der Waals surface area (Å²) in [5.74, 6) is -0.114. The van der Waals surface area contributed by atoms with Crippen molar-refractivity contribution in [2.75, 3.05) is 13.2 Å². The van der Waals surface area contributed by atoms with E-state index in [4.69, 9.17) is 9.84 Å². The van der Waals surface area contributed by atoms with Crippen molar-refractivity contribution in [1.82, 2.24) is 0 Å². The number of unbranched alkanes of at least 4 members (excludes halogenated alkanes) is 12. The van der Waals surface area contributed by atoms with E-state index in [0.29, 0.717) is 19.4 Å². The number of hydrogen-bond donors (Lipinski definition) is 1. The molecule has 0 radical (unpaired) electrons. The molecule has 0 heterocycles. The van der Waals surface area contributed by atoms with Gasteiger partial charge >= 0.3 is 5.97 Å². The normalized spacial score (nSPS) is 10.8. The maximum Gasteiger partial charge on any atom is 0.305 e. The van der Waals surface area contributed by atoms with E-state index in [0.717, 1.165) is 12.8 Å². The van der Waals surface area contributed by atoms with Crippen LogP contribution in [0.1, 0.15) is 103 Å². The molecule has 0 atom stereocenters. The number of rotatable bonds is 17. The first-order valence-electron chi connectivity index (χ1n) is 9.57. The summed E-state index contributed by atoms with van der Waals surface area (Å²) in [4.78, 5) is 11.3. The molecule has 3 nitrogen and oxygen atoms in total. The number of carbonyl (C=O) groups excluding carboxylic acids is 1. The number of esters is 1. The van der Waals surface area contributed by atoms with Gasteiger partial charge in [-0.3, -0.25) is 4.79 Å². The van der Waals surface area contributed by atoms with Gasteiger partial charge < -0.3 is 9.84 Å². The van der Waals surface area contributed by atoms with Crippen LogP contribution in [0.5, 0.6) is 0 Å². The molecule has 0 saturated carbocycles. The van der Waals surface area contributed by atoms with Crippen molar-refractivity contribution in [2.24, 2.45) is 0 Å². The van der Waals surface area contributed by atoms with Crippen molar-refractivity contribution >= 4 is 5.97 Å². The lowest BCUT2D eigenvalue weighted by Gasteiger charge is -2.04. The van der Waals surface area contributed by atoms with Gasteiger partial charge in [0, 0.05) is 19.4 Å². The summed E-state index contributed by atoms with van der Waals surface area (Å²) in [6.07, 6.45) is 18.2. The molecule has 0 amide bonds. The van der Waals surface area contributed by atoms with Crippen LogP contribution in [-0.4, -0.2) is 24.3 Å². The highest BCUT2D eigenvalue weighted by atomic mass is 16.5. The van der Waals surface area contributed by atoms with Gasteiger partial charge in [0.1, 0.15) is 0 Å². The van der Waals surface area contributed by atoms with Crippen molar-refractivity contribution in [2.45, 2.75) is 103 Å². The van der Waals surface area contributed by atoms with Crippen LogP contribution in [0, 0.1) is 0 Å². The SMILES string of the molecule is CCCCCCCCCCCCCCCC(=O)OCCCO. The van der Waals surface area contributed by atoms with E-state index in [9.17, 15) is 4.79 Å². The fourth-order valence-electron chi connectivity index (χ4n) is 2.61. The highest BCUT2D eigenvalue weighted by Gasteiger charge is 2.01. The number of aliphatic hydroxyl groups is 1. The molecule has 0 aromatic carbocycles. The molecule has 1 N–H and O–H groups in total. The Morgan fingerprint density at radius 2 is 1.18 bits per heavy atom. The number of hydrogen-bond acceptors (Lipinski definition) is 3. The van der Waals surface area contributed by atoms with Crippen LogP contribution in [0.25, 0.3) is 0 Å². The lowest BCUT2D eigenvalue weighted by atomic mass is 10.0. The summed E-state index contributed by atoms with van der Waals surface area (Å²) in [6.45, 7) is 2.71. The molecule has 0 rings (SSSR count). The molecule has 0 aromatic rings. The smallest absolute Gasteiger partial charge is 0.305 e. The Morgan fingerprint density at radius 1 is 0.727 bits per heavy atom. The third-order valence-corrected chi connectivity index (χ3v) is 4.05. The van der Waals surface area contributed by atoms with E-state index >= 15 is 0 Å². The van der Waals surface area contributed by atoms with E-state index in [1.54, 1.807) is 0 Å². The van der Waals surface area contributed by atoms with Gasteiger partial charge in [-0.1, -0.05) is 84.0 Å².